The molecule has 1 fully saturated rings. The SMILES string of the molecule is CC(C)CS(=O)(=O)N1CCC(c2nc(-c3ccc(C=N)c(NC(C)C)c3)no2)CC1. The average Bonchev–Trinajstić information content (AvgIpc) is 3.17. The van der Waals surface area contributed by atoms with E-state index in [1.165, 1.54) is 6.21 Å². The lowest BCUT2D eigenvalue weighted by molar-refractivity contribution is 0.270. The largest absolute Gasteiger partial charge is 0.382 e. The third kappa shape index (κ3) is 5.26. The first-order valence-electron chi connectivity index (χ1n) is 10.4. The molecule has 0 aliphatic carbocycles. The molecule has 0 atom stereocenters. The molecule has 1 saturated heterocycles. The molecular formula is C21H31N5O3S. The van der Waals surface area contributed by atoms with Crippen molar-refractivity contribution in [1.29, 1.82) is 5.41 Å². The molecule has 0 unspecified atom stereocenters. The number of aromatic nitrogens is 2. The highest BCUT2D eigenvalue weighted by Crippen LogP contribution is 2.31. The number of hydrogen-bond acceptors (Lipinski definition) is 7. The molecule has 0 radical (unpaired) electrons. The van der Waals surface area contributed by atoms with Crippen LogP contribution in [0.1, 0.15) is 57.9 Å². The second-order valence-corrected chi connectivity index (χ2v) is 10.6. The zero-order valence-electron chi connectivity index (χ0n) is 18.1. The smallest absolute Gasteiger partial charge is 0.230 e. The topological polar surface area (TPSA) is 112 Å². The maximum absolute atomic E-state index is 12.4. The Kier molecular flexibility index (Phi) is 6.92. The molecule has 0 bridgehead atoms. The molecule has 164 valence electrons. The summed E-state index contributed by atoms with van der Waals surface area (Å²) in [4.78, 5) is 4.58. The first kappa shape index (κ1) is 22.4. The fraction of sp³-hybridized carbons (Fsp3) is 0.571. The van der Waals surface area contributed by atoms with Crippen molar-refractivity contribution in [3.63, 3.8) is 0 Å². The number of nitrogens with zero attached hydrogens (tertiary/aromatic N) is 3. The van der Waals surface area contributed by atoms with Gasteiger partial charge in [0.15, 0.2) is 0 Å². The van der Waals surface area contributed by atoms with E-state index < -0.39 is 10.0 Å². The summed E-state index contributed by atoms with van der Waals surface area (Å²) in [7, 11) is -3.21. The summed E-state index contributed by atoms with van der Waals surface area (Å²) in [5, 5.41) is 15.1. The summed E-state index contributed by atoms with van der Waals surface area (Å²) in [5.41, 5.74) is 2.47. The third-order valence-electron chi connectivity index (χ3n) is 5.09. The van der Waals surface area contributed by atoms with E-state index in [0.717, 1.165) is 16.8 Å². The maximum atomic E-state index is 12.4. The highest BCUT2D eigenvalue weighted by molar-refractivity contribution is 7.89. The second kappa shape index (κ2) is 9.26. The summed E-state index contributed by atoms with van der Waals surface area (Å²) in [6.07, 6.45) is 2.66. The Labute approximate surface area is 178 Å². The van der Waals surface area contributed by atoms with E-state index in [4.69, 9.17) is 9.93 Å². The van der Waals surface area contributed by atoms with Gasteiger partial charge in [0.05, 0.1) is 5.75 Å². The first-order chi connectivity index (χ1) is 14.2. The van der Waals surface area contributed by atoms with Gasteiger partial charge < -0.3 is 15.2 Å². The van der Waals surface area contributed by atoms with E-state index >= 15 is 0 Å². The van der Waals surface area contributed by atoms with Gasteiger partial charge in [-0.1, -0.05) is 31.1 Å². The summed E-state index contributed by atoms with van der Waals surface area (Å²) in [5.74, 6) is 1.41. The molecule has 1 aromatic heterocycles. The van der Waals surface area contributed by atoms with E-state index in [1.54, 1.807) is 4.31 Å². The van der Waals surface area contributed by atoms with Crippen LogP contribution in [-0.4, -0.2) is 54.0 Å². The van der Waals surface area contributed by atoms with Crippen LogP contribution in [0.5, 0.6) is 0 Å². The van der Waals surface area contributed by atoms with Crippen LogP contribution < -0.4 is 5.32 Å². The van der Waals surface area contributed by atoms with Crippen molar-refractivity contribution in [3.8, 4) is 11.4 Å². The Bertz CT molecular complexity index is 976. The minimum atomic E-state index is -3.21. The van der Waals surface area contributed by atoms with Crippen molar-refractivity contribution in [2.75, 3.05) is 24.2 Å². The van der Waals surface area contributed by atoms with Crippen LogP contribution >= 0.6 is 0 Å². The molecule has 9 heteroatoms. The van der Waals surface area contributed by atoms with E-state index in [2.05, 4.69) is 15.5 Å². The van der Waals surface area contributed by atoms with E-state index in [1.807, 2.05) is 45.9 Å². The lowest BCUT2D eigenvalue weighted by atomic mass is 9.98. The maximum Gasteiger partial charge on any atom is 0.230 e. The van der Waals surface area contributed by atoms with Gasteiger partial charge in [0.25, 0.3) is 0 Å². The number of anilines is 1. The highest BCUT2D eigenvalue weighted by Gasteiger charge is 2.31. The fourth-order valence-corrected chi connectivity index (χ4v) is 5.50. The minimum Gasteiger partial charge on any atom is -0.382 e. The molecule has 2 N–H and O–H groups in total. The number of nitrogens with one attached hydrogen (secondary N) is 2. The quantitative estimate of drug-likeness (QED) is 0.614. The molecular weight excluding hydrogens is 402 g/mol. The molecule has 8 nitrogen and oxygen atoms in total. The zero-order valence-corrected chi connectivity index (χ0v) is 18.9. The zero-order chi connectivity index (χ0) is 21.9. The predicted molar refractivity (Wildman–Crippen MR) is 119 cm³/mol. The Morgan fingerprint density at radius 3 is 2.57 bits per heavy atom. The van der Waals surface area contributed by atoms with Crippen molar-refractivity contribution in [2.24, 2.45) is 5.92 Å². The second-order valence-electron chi connectivity index (χ2n) is 8.55. The van der Waals surface area contributed by atoms with Crippen LogP contribution in [-0.2, 0) is 10.0 Å². The summed E-state index contributed by atoms with van der Waals surface area (Å²) < 4.78 is 32.0. The lowest BCUT2D eigenvalue weighted by Gasteiger charge is -2.30. The Morgan fingerprint density at radius 1 is 1.27 bits per heavy atom. The number of piperidine rings is 1. The van der Waals surface area contributed by atoms with Gasteiger partial charge >= 0.3 is 0 Å². The van der Waals surface area contributed by atoms with Crippen LogP contribution in [0, 0.1) is 11.3 Å². The van der Waals surface area contributed by atoms with Gasteiger partial charge in [-0.05, 0) is 38.7 Å². The van der Waals surface area contributed by atoms with E-state index in [0.29, 0.717) is 37.6 Å². The van der Waals surface area contributed by atoms with Gasteiger partial charge in [0.1, 0.15) is 0 Å². The molecule has 1 aromatic carbocycles. The highest BCUT2D eigenvalue weighted by atomic mass is 32.2. The lowest BCUT2D eigenvalue weighted by Crippen LogP contribution is -2.40. The molecule has 0 spiro atoms. The normalized spacial score (nSPS) is 16.3. The van der Waals surface area contributed by atoms with Gasteiger partial charge in [-0.15, -0.1) is 0 Å². The van der Waals surface area contributed by atoms with E-state index in [9.17, 15) is 8.42 Å². The van der Waals surface area contributed by atoms with Crippen LogP contribution in [0.2, 0.25) is 0 Å². The average molecular weight is 434 g/mol. The number of hydrogen-bond donors (Lipinski definition) is 2. The number of sulfonamides is 1. The van der Waals surface area contributed by atoms with Gasteiger partial charge in [-0.2, -0.15) is 4.98 Å². The molecule has 0 saturated carbocycles. The van der Waals surface area contributed by atoms with E-state index in [-0.39, 0.29) is 23.6 Å². The third-order valence-corrected chi connectivity index (χ3v) is 7.33. The van der Waals surface area contributed by atoms with Crippen LogP contribution in [0.3, 0.4) is 0 Å². The summed E-state index contributed by atoms with van der Waals surface area (Å²) >= 11 is 0. The first-order valence-corrected chi connectivity index (χ1v) is 12.0. The minimum absolute atomic E-state index is 0.0610. The predicted octanol–water partition coefficient (Wildman–Crippen LogP) is 3.72. The summed E-state index contributed by atoms with van der Waals surface area (Å²) in [6.45, 7) is 8.88. The van der Waals surface area contributed by atoms with Crippen molar-refractivity contribution in [2.45, 2.75) is 52.5 Å². The van der Waals surface area contributed by atoms with Crippen molar-refractivity contribution < 1.29 is 12.9 Å². The summed E-state index contributed by atoms with van der Waals surface area (Å²) in [6, 6.07) is 5.90. The van der Waals surface area contributed by atoms with Gasteiger partial charge in [-0.25, -0.2) is 12.7 Å². The van der Waals surface area contributed by atoms with Crippen molar-refractivity contribution in [3.05, 3.63) is 29.7 Å². The molecule has 1 aliphatic rings. The fourth-order valence-electron chi connectivity index (χ4n) is 3.68. The number of rotatable bonds is 8. The molecule has 2 aromatic rings. The Balaban J connectivity index is 1.71. The van der Waals surface area contributed by atoms with Gasteiger partial charge in [-0.3, -0.25) is 0 Å². The Morgan fingerprint density at radius 2 is 1.97 bits per heavy atom. The number of benzene rings is 1. The van der Waals surface area contributed by atoms with Gasteiger partial charge in [0, 0.05) is 48.1 Å². The molecule has 2 heterocycles. The molecule has 3 rings (SSSR count). The van der Waals surface area contributed by atoms with Crippen LogP contribution in [0.4, 0.5) is 5.69 Å². The Hall–Kier alpha value is -2.26. The molecule has 30 heavy (non-hydrogen) atoms. The molecule has 0 amide bonds. The standard InChI is InChI=1S/C21H31N5O3S/c1-14(2)13-30(27,28)26-9-7-16(8-10-26)21-24-20(25-29-21)17-5-6-18(12-22)19(11-17)23-15(3)4/h5-6,11-12,14-16,22-23H,7-10,13H2,1-4H3. The molecule has 1 aliphatic heterocycles. The monoisotopic (exact) mass is 433 g/mol. The van der Waals surface area contributed by atoms with Crippen LogP contribution in [0.25, 0.3) is 11.4 Å². The van der Waals surface area contributed by atoms with Crippen LogP contribution in [0.15, 0.2) is 22.7 Å². The van der Waals surface area contributed by atoms with Gasteiger partial charge in [0.2, 0.25) is 21.7 Å². The van der Waals surface area contributed by atoms with Crippen molar-refractivity contribution >= 4 is 21.9 Å². The van der Waals surface area contributed by atoms with Crippen molar-refractivity contribution in [1.82, 2.24) is 14.4 Å².